The topological polar surface area (TPSA) is 143 Å². The lowest BCUT2D eigenvalue weighted by atomic mass is 10.8. The second kappa shape index (κ2) is 3.72. The molecule has 10 heteroatoms. The summed E-state index contributed by atoms with van der Waals surface area (Å²) in [5.74, 6) is -0.756. The van der Waals surface area contributed by atoms with Crippen LogP contribution in [0.25, 0.3) is 10.4 Å². The van der Waals surface area contributed by atoms with Crippen LogP contribution in [-0.4, -0.2) is 29.1 Å². The number of nitrogens with zero attached hydrogens (tertiary/aromatic N) is 3. The predicted molar refractivity (Wildman–Crippen MR) is 40.9 cm³/mol. The van der Waals surface area contributed by atoms with Crippen molar-refractivity contribution in [3.8, 4) is 0 Å². The zero-order valence-corrected chi connectivity index (χ0v) is 7.42. The Morgan fingerprint density at radius 3 is 2.17 bits per heavy atom. The standard InChI is InChI=1S/C2H6N4O4S2/c3-1-2-11(7,8)12(9,10)6-5-4/h1-3H2. The first-order valence-corrected chi connectivity index (χ1v) is 6.22. The second-order valence-electron chi connectivity index (χ2n) is 1.65. The molecule has 0 aliphatic carbocycles. The third-order valence-corrected chi connectivity index (χ3v) is 5.10. The van der Waals surface area contributed by atoms with Crippen LogP contribution < -0.4 is 5.73 Å². The molecular weight excluding hydrogens is 208 g/mol. The molecule has 0 saturated heterocycles. The summed E-state index contributed by atoms with van der Waals surface area (Å²) in [6.07, 6.45) is 0. The average molecular weight is 214 g/mol. The van der Waals surface area contributed by atoms with E-state index in [9.17, 15) is 16.8 Å². The molecule has 0 fully saturated rings. The summed E-state index contributed by atoms with van der Waals surface area (Å²) < 4.78 is 44.7. The molecule has 12 heavy (non-hydrogen) atoms. The molecule has 2 N–H and O–H groups in total. The van der Waals surface area contributed by atoms with Crippen molar-refractivity contribution in [1.82, 2.24) is 0 Å². The Hall–Kier alpha value is -0.830. The van der Waals surface area contributed by atoms with Crippen molar-refractivity contribution in [2.45, 2.75) is 0 Å². The first kappa shape index (κ1) is 11.2. The molecule has 0 radical (unpaired) electrons. The SMILES string of the molecule is [N-]=[N+]=NS(=O)(=O)S(=O)(=O)CCN. The van der Waals surface area contributed by atoms with Crippen molar-refractivity contribution in [3.05, 3.63) is 10.4 Å². The number of hydrogen-bond donors (Lipinski definition) is 1. The molecule has 0 aromatic rings. The van der Waals surface area contributed by atoms with Crippen LogP contribution in [0.3, 0.4) is 0 Å². The van der Waals surface area contributed by atoms with Gasteiger partial charge in [-0.2, -0.15) is 0 Å². The van der Waals surface area contributed by atoms with Crippen LogP contribution in [-0.2, 0) is 17.9 Å². The fourth-order valence-corrected chi connectivity index (χ4v) is 2.35. The summed E-state index contributed by atoms with van der Waals surface area (Å²) >= 11 is 0. The van der Waals surface area contributed by atoms with Crippen molar-refractivity contribution < 1.29 is 16.8 Å². The molecule has 0 rings (SSSR count). The van der Waals surface area contributed by atoms with E-state index in [1.165, 1.54) is 0 Å². The van der Waals surface area contributed by atoms with Gasteiger partial charge in [0.25, 0.3) is 8.87 Å². The Labute approximate surface area is 68.4 Å². The van der Waals surface area contributed by atoms with Crippen molar-refractivity contribution in [1.29, 1.82) is 0 Å². The maximum atomic E-state index is 10.7. The van der Waals surface area contributed by atoms with E-state index in [-0.39, 0.29) is 6.54 Å². The molecule has 0 aliphatic rings. The highest BCUT2D eigenvalue weighted by molar-refractivity contribution is 8.66. The molecule has 0 aliphatic heterocycles. The lowest BCUT2D eigenvalue weighted by Gasteiger charge is -1.96. The van der Waals surface area contributed by atoms with E-state index in [1.54, 1.807) is 0 Å². The van der Waals surface area contributed by atoms with Gasteiger partial charge in [-0.05, 0) is 5.53 Å². The molecular formula is C2H6N4O4S2. The molecule has 0 aromatic heterocycles. The monoisotopic (exact) mass is 214 g/mol. The number of rotatable bonds is 4. The van der Waals surface area contributed by atoms with E-state index in [0.29, 0.717) is 0 Å². The summed E-state index contributed by atoms with van der Waals surface area (Å²) in [6.45, 7) is -0.345. The number of nitrogens with two attached hydrogens (primary N) is 1. The molecule has 0 saturated carbocycles. The fraction of sp³-hybridized carbons (Fsp3) is 1.00. The summed E-state index contributed by atoms with van der Waals surface area (Å²) in [4.78, 5) is 1.87. The highest BCUT2D eigenvalue weighted by atomic mass is 33.2. The van der Waals surface area contributed by atoms with Crippen LogP contribution in [0.15, 0.2) is 4.52 Å². The molecule has 0 amide bonds. The lowest BCUT2D eigenvalue weighted by molar-refractivity contribution is 0.583. The third kappa shape index (κ3) is 2.34. The molecule has 70 valence electrons. The molecule has 0 aromatic carbocycles. The molecule has 0 bridgehead atoms. The largest absolute Gasteiger partial charge is 0.340 e. The summed E-state index contributed by atoms with van der Waals surface area (Å²) in [6, 6.07) is 0. The zero-order chi connectivity index (χ0) is 9.83. The Morgan fingerprint density at radius 1 is 1.33 bits per heavy atom. The number of hydrogen-bond acceptors (Lipinski definition) is 5. The van der Waals surface area contributed by atoms with Crippen molar-refractivity contribution in [3.63, 3.8) is 0 Å². The van der Waals surface area contributed by atoms with E-state index in [0.717, 1.165) is 0 Å². The van der Waals surface area contributed by atoms with Gasteiger partial charge in [-0.1, -0.05) is 0 Å². The van der Waals surface area contributed by atoms with E-state index in [4.69, 9.17) is 11.3 Å². The fourth-order valence-electron chi connectivity index (χ4n) is 0.345. The Bertz CT molecular complexity index is 387. The van der Waals surface area contributed by atoms with E-state index in [2.05, 4.69) is 4.52 Å². The van der Waals surface area contributed by atoms with Crippen LogP contribution in [0, 0.1) is 0 Å². The van der Waals surface area contributed by atoms with Crippen molar-refractivity contribution in [2.24, 2.45) is 10.3 Å². The Morgan fingerprint density at radius 2 is 1.83 bits per heavy atom. The maximum absolute atomic E-state index is 10.7. The predicted octanol–water partition coefficient (Wildman–Crippen LogP) is -1.08. The van der Waals surface area contributed by atoms with Gasteiger partial charge >= 0.3 is 9.06 Å². The van der Waals surface area contributed by atoms with E-state index >= 15 is 0 Å². The molecule has 8 nitrogen and oxygen atoms in total. The first-order chi connectivity index (χ1) is 5.37. The van der Waals surface area contributed by atoms with Gasteiger partial charge in [0, 0.05) is 16.0 Å². The van der Waals surface area contributed by atoms with Gasteiger partial charge in [-0.25, -0.2) is 16.8 Å². The van der Waals surface area contributed by atoms with Gasteiger partial charge in [0.2, 0.25) is 0 Å². The van der Waals surface area contributed by atoms with Gasteiger partial charge in [-0.3, -0.25) is 0 Å². The summed E-state index contributed by atoms with van der Waals surface area (Å²) in [5, 5.41) is 0. The first-order valence-electron chi connectivity index (χ1n) is 2.61. The van der Waals surface area contributed by atoms with Crippen LogP contribution in [0.2, 0.25) is 0 Å². The van der Waals surface area contributed by atoms with Crippen LogP contribution in [0.5, 0.6) is 0 Å². The molecule has 0 heterocycles. The highest BCUT2D eigenvalue weighted by Gasteiger charge is 2.27. The zero-order valence-electron chi connectivity index (χ0n) is 5.78. The van der Waals surface area contributed by atoms with Crippen molar-refractivity contribution in [2.75, 3.05) is 12.3 Å². The van der Waals surface area contributed by atoms with Crippen LogP contribution >= 0.6 is 0 Å². The van der Waals surface area contributed by atoms with Crippen molar-refractivity contribution >= 4 is 17.9 Å². The minimum Gasteiger partial charge on any atom is -0.329 e. The van der Waals surface area contributed by atoms with E-state index < -0.39 is 23.7 Å². The maximum Gasteiger partial charge on any atom is 0.340 e. The van der Waals surface area contributed by atoms with Gasteiger partial charge in [0.05, 0.1) is 5.75 Å². The van der Waals surface area contributed by atoms with Gasteiger partial charge in [0.1, 0.15) is 0 Å². The second-order valence-corrected chi connectivity index (χ2v) is 6.98. The average Bonchev–Trinajstić information content (AvgIpc) is 1.86. The van der Waals surface area contributed by atoms with Crippen LogP contribution in [0.4, 0.5) is 0 Å². The summed E-state index contributed by atoms with van der Waals surface area (Å²) in [5.41, 5.74) is 12.5. The minimum absolute atomic E-state index is 0.345. The highest BCUT2D eigenvalue weighted by Crippen LogP contribution is 2.05. The summed E-state index contributed by atoms with van der Waals surface area (Å²) in [7, 11) is -9.22. The van der Waals surface area contributed by atoms with E-state index in [1.807, 2.05) is 4.91 Å². The van der Waals surface area contributed by atoms with Gasteiger partial charge < -0.3 is 5.73 Å². The number of azide groups is 1. The molecule has 0 spiro atoms. The Balaban J connectivity index is 5.20. The minimum atomic E-state index is -4.77. The molecule has 0 atom stereocenters. The molecule has 0 unspecified atom stereocenters. The smallest absolute Gasteiger partial charge is 0.329 e. The van der Waals surface area contributed by atoms with Crippen LogP contribution in [0.1, 0.15) is 0 Å². The normalized spacial score (nSPS) is 12.1. The van der Waals surface area contributed by atoms with Gasteiger partial charge in [0.15, 0.2) is 0 Å². The lowest BCUT2D eigenvalue weighted by Crippen LogP contribution is -2.21. The van der Waals surface area contributed by atoms with Gasteiger partial charge in [-0.15, -0.1) is 0 Å². The Kier molecular flexibility index (Phi) is 3.46. The quantitative estimate of drug-likeness (QED) is 0.274. The third-order valence-electron chi connectivity index (χ3n) is 0.825.